The van der Waals surface area contributed by atoms with Gasteiger partial charge in [0.2, 0.25) is 5.91 Å². The number of hydrogen-bond donors (Lipinski definition) is 1. The van der Waals surface area contributed by atoms with E-state index in [0.29, 0.717) is 12.2 Å². The Labute approximate surface area is 148 Å². The predicted molar refractivity (Wildman–Crippen MR) is 95.1 cm³/mol. The molecule has 0 spiro atoms. The largest absolute Gasteiger partial charge is 0.497 e. The molecule has 1 N–H and O–H groups in total. The predicted octanol–water partition coefficient (Wildman–Crippen LogP) is 2.41. The minimum absolute atomic E-state index is 0.00597. The molecule has 126 valence electrons. The fraction of sp³-hybridized carbons (Fsp3) is 0.312. The van der Waals surface area contributed by atoms with Crippen molar-refractivity contribution >= 4 is 40.6 Å². The van der Waals surface area contributed by atoms with Crippen LogP contribution < -0.4 is 15.0 Å². The molecule has 0 unspecified atom stereocenters. The topological polar surface area (TPSA) is 71.5 Å². The van der Waals surface area contributed by atoms with Crippen molar-refractivity contribution in [2.24, 2.45) is 0 Å². The number of nitrogens with zero attached hydrogens (tertiary/aromatic N) is 2. The number of thioether (sulfide) groups is 1. The highest BCUT2D eigenvalue weighted by Gasteiger charge is 2.32. The van der Waals surface area contributed by atoms with Crippen molar-refractivity contribution in [1.29, 1.82) is 0 Å². The van der Waals surface area contributed by atoms with Gasteiger partial charge in [-0.2, -0.15) is 0 Å². The van der Waals surface area contributed by atoms with Gasteiger partial charge in [0, 0.05) is 24.0 Å². The fourth-order valence-electron chi connectivity index (χ4n) is 2.53. The van der Waals surface area contributed by atoms with Crippen LogP contribution in [0.5, 0.6) is 5.75 Å². The van der Waals surface area contributed by atoms with Crippen LogP contribution >= 0.6 is 23.1 Å². The third-order valence-electron chi connectivity index (χ3n) is 3.73. The van der Waals surface area contributed by atoms with Gasteiger partial charge >= 0.3 is 0 Å². The summed E-state index contributed by atoms with van der Waals surface area (Å²) in [6, 6.07) is 7.09. The number of carbonyl (C=O) groups excluding carboxylic acids is 2. The van der Waals surface area contributed by atoms with E-state index in [1.807, 2.05) is 30.5 Å². The van der Waals surface area contributed by atoms with Crippen molar-refractivity contribution in [2.75, 3.05) is 24.8 Å². The molecule has 1 aromatic carbocycles. The lowest BCUT2D eigenvalue weighted by atomic mass is 10.2. The third kappa shape index (κ3) is 3.54. The minimum Gasteiger partial charge on any atom is -0.497 e. The Kier molecular flexibility index (Phi) is 5.06. The third-order valence-corrected chi connectivity index (χ3v) is 5.60. The molecule has 24 heavy (non-hydrogen) atoms. The summed E-state index contributed by atoms with van der Waals surface area (Å²) in [5.74, 6) is 0.498. The van der Waals surface area contributed by atoms with Crippen LogP contribution in [0.1, 0.15) is 16.9 Å². The quantitative estimate of drug-likeness (QED) is 0.826. The second-order valence-corrected chi connectivity index (χ2v) is 7.19. The SMILES string of the molecule is COc1ccc(N2C[C@H](NC(=O)c3csc(SC)n3)CC2=O)cc1. The number of nitrogens with one attached hydrogen (secondary N) is 1. The summed E-state index contributed by atoms with van der Waals surface area (Å²) in [6.45, 7) is 0.455. The van der Waals surface area contributed by atoms with Crippen LogP contribution in [-0.4, -0.2) is 42.8 Å². The zero-order valence-corrected chi connectivity index (χ0v) is 14.9. The molecule has 1 aromatic heterocycles. The molecule has 0 aliphatic carbocycles. The maximum absolute atomic E-state index is 12.2. The lowest BCUT2D eigenvalue weighted by Gasteiger charge is -2.17. The molecule has 8 heteroatoms. The number of carbonyl (C=O) groups is 2. The van der Waals surface area contributed by atoms with Gasteiger partial charge in [-0.1, -0.05) is 11.8 Å². The molecule has 1 atom stereocenters. The molecule has 1 aliphatic rings. The lowest BCUT2D eigenvalue weighted by Crippen LogP contribution is -2.37. The first-order chi connectivity index (χ1) is 11.6. The van der Waals surface area contributed by atoms with Gasteiger partial charge in [0.05, 0.1) is 13.2 Å². The molecule has 2 aromatic rings. The first kappa shape index (κ1) is 16.8. The molecule has 0 saturated carbocycles. The summed E-state index contributed by atoms with van der Waals surface area (Å²) in [6.07, 6.45) is 2.21. The number of methoxy groups -OCH3 is 1. The summed E-state index contributed by atoms with van der Waals surface area (Å²) in [5, 5.41) is 4.63. The molecule has 1 fully saturated rings. The Bertz CT molecular complexity index is 745. The van der Waals surface area contributed by atoms with E-state index in [1.54, 1.807) is 17.4 Å². The van der Waals surface area contributed by atoms with Gasteiger partial charge in [-0.25, -0.2) is 4.98 Å². The number of rotatable bonds is 5. The van der Waals surface area contributed by atoms with Crippen LogP contribution in [-0.2, 0) is 4.79 Å². The van der Waals surface area contributed by atoms with Crippen molar-refractivity contribution in [3.63, 3.8) is 0 Å². The highest BCUT2D eigenvalue weighted by molar-refractivity contribution is 8.00. The highest BCUT2D eigenvalue weighted by Crippen LogP contribution is 2.24. The van der Waals surface area contributed by atoms with Crippen LogP contribution in [0.3, 0.4) is 0 Å². The molecule has 3 rings (SSSR count). The summed E-state index contributed by atoms with van der Waals surface area (Å²) < 4.78 is 5.97. The van der Waals surface area contributed by atoms with E-state index in [9.17, 15) is 9.59 Å². The number of benzene rings is 1. The van der Waals surface area contributed by atoms with Gasteiger partial charge in [-0.3, -0.25) is 9.59 Å². The first-order valence-corrected chi connectivity index (χ1v) is 9.46. The second kappa shape index (κ2) is 7.23. The standard InChI is InChI=1S/C16H17N3O3S2/c1-22-12-5-3-11(4-6-12)19-8-10(7-14(19)20)17-15(21)13-9-24-16(18-13)23-2/h3-6,9-10H,7-8H2,1-2H3,(H,17,21)/t10-/m1/s1. The Hall–Kier alpha value is -2.06. The van der Waals surface area contributed by atoms with Crippen LogP contribution in [0, 0.1) is 0 Å². The number of thiazole rings is 1. The average molecular weight is 363 g/mol. The van der Waals surface area contributed by atoms with E-state index >= 15 is 0 Å². The van der Waals surface area contributed by atoms with Crippen molar-refractivity contribution in [3.05, 3.63) is 35.3 Å². The lowest BCUT2D eigenvalue weighted by molar-refractivity contribution is -0.117. The number of ether oxygens (including phenoxy) is 1. The summed E-state index contributed by atoms with van der Waals surface area (Å²) in [5.41, 5.74) is 1.20. The Balaban J connectivity index is 1.64. The molecule has 0 bridgehead atoms. The van der Waals surface area contributed by atoms with E-state index in [1.165, 1.54) is 23.1 Å². The van der Waals surface area contributed by atoms with E-state index in [-0.39, 0.29) is 24.3 Å². The van der Waals surface area contributed by atoms with Crippen LogP contribution in [0.2, 0.25) is 0 Å². The van der Waals surface area contributed by atoms with Crippen LogP contribution in [0.15, 0.2) is 34.0 Å². The normalized spacial score (nSPS) is 17.2. The summed E-state index contributed by atoms with van der Waals surface area (Å²) >= 11 is 2.94. The molecule has 2 amide bonds. The maximum atomic E-state index is 12.2. The molecule has 6 nitrogen and oxygen atoms in total. The molecule has 1 saturated heterocycles. The Morgan fingerprint density at radius 2 is 2.17 bits per heavy atom. The molecule has 1 aliphatic heterocycles. The zero-order chi connectivity index (χ0) is 17.1. The summed E-state index contributed by atoms with van der Waals surface area (Å²) in [4.78, 5) is 30.4. The van der Waals surface area contributed by atoms with Gasteiger partial charge in [-0.15, -0.1) is 11.3 Å². The fourth-order valence-corrected chi connectivity index (χ4v) is 3.77. The van der Waals surface area contributed by atoms with Gasteiger partial charge in [0.15, 0.2) is 0 Å². The van der Waals surface area contributed by atoms with E-state index in [0.717, 1.165) is 15.8 Å². The molecule has 0 radical (unpaired) electrons. The van der Waals surface area contributed by atoms with Gasteiger partial charge in [0.25, 0.3) is 5.91 Å². The van der Waals surface area contributed by atoms with Crippen LogP contribution in [0.25, 0.3) is 0 Å². The highest BCUT2D eigenvalue weighted by atomic mass is 32.2. The minimum atomic E-state index is -0.235. The second-order valence-electron chi connectivity index (χ2n) is 5.28. The van der Waals surface area contributed by atoms with Crippen molar-refractivity contribution in [2.45, 2.75) is 16.8 Å². The molecule has 2 heterocycles. The van der Waals surface area contributed by atoms with Gasteiger partial charge in [-0.05, 0) is 30.5 Å². The average Bonchev–Trinajstić information content (AvgIpc) is 3.21. The number of aromatic nitrogens is 1. The van der Waals surface area contributed by atoms with Crippen molar-refractivity contribution < 1.29 is 14.3 Å². The van der Waals surface area contributed by atoms with Gasteiger partial charge < -0.3 is 15.0 Å². The number of anilines is 1. The maximum Gasteiger partial charge on any atom is 0.271 e. The van der Waals surface area contributed by atoms with Crippen molar-refractivity contribution in [1.82, 2.24) is 10.3 Å². The van der Waals surface area contributed by atoms with Crippen molar-refractivity contribution in [3.8, 4) is 5.75 Å². The zero-order valence-electron chi connectivity index (χ0n) is 13.3. The van der Waals surface area contributed by atoms with E-state index in [4.69, 9.17) is 4.74 Å². The smallest absolute Gasteiger partial charge is 0.271 e. The Morgan fingerprint density at radius 3 is 2.79 bits per heavy atom. The molecular formula is C16H17N3O3S2. The van der Waals surface area contributed by atoms with Crippen LogP contribution in [0.4, 0.5) is 5.69 Å². The van der Waals surface area contributed by atoms with E-state index < -0.39 is 0 Å². The first-order valence-electron chi connectivity index (χ1n) is 7.35. The number of amides is 2. The van der Waals surface area contributed by atoms with E-state index in [2.05, 4.69) is 10.3 Å². The Morgan fingerprint density at radius 1 is 1.42 bits per heavy atom. The molecular weight excluding hydrogens is 346 g/mol. The number of hydrogen-bond acceptors (Lipinski definition) is 6. The van der Waals surface area contributed by atoms with Gasteiger partial charge in [0.1, 0.15) is 15.8 Å². The monoisotopic (exact) mass is 363 g/mol. The summed E-state index contributed by atoms with van der Waals surface area (Å²) in [7, 11) is 1.60.